The molecule has 9 nitrogen and oxygen atoms in total. The minimum Gasteiger partial charge on any atom is -0.457 e. The molecule has 1 saturated carbocycles. The number of piperazine rings is 1. The third kappa shape index (κ3) is 9.32. The number of halogens is 1. The lowest BCUT2D eigenvalue weighted by Crippen LogP contribution is -2.52. The number of ether oxygens (including phenoxy) is 3. The fourth-order valence-electron chi connectivity index (χ4n) is 7.21. The van der Waals surface area contributed by atoms with Crippen LogP contribution in [-0.2, 0) is 19.0 Å². The van der Waals surface area contributed by atoms with Crippen LogP contribution in [0.25, 0.3) is 6.08 Å². The van der Waals surface area contributed by atoms with Crippen LogP contribution in [-0.4, -0.2) is 104 Å². The molecular weight excluding hydrogens is 589 g/mol. The van der Waals surface area contributed by atoms with E-state index in [1.54, 1.807) is 0 Å². The van der Waals surface area contributed by atoms with Gasteiger partial charge in [-0.25, -0.2) is 9.18 Å². The Bertz CT molecular complexity index is 1240. The molecule has 1 N–H and O–H groups in total. The smallest absolute Gasteiger partial charge is 0.410 e. The van der Waals surface area contributed by atoms with Crippen molar-refractivity contribution in [2.75, 3.05) is 57.4 Å². The quantitative estimate of drug-likeness (QED) is 0.337. The zero-order valence-corrected chi connectivity index (χ0v) is 27.7. The van der Waals surface area contributed by atoms with E-state index in [-0.39, 0.29) is 30.2 Å². The molecule has 0 aromatic heterocycles. The third-order valence-electron chi connectivity index (χ3n) is 10.0. The first-order valence-electron chi connectivity index (χ1n) is 17.2. The number of anilines is 1. The summed E-state index contributed by atoms with van der Waals surface area (Å²) in [5.41, 5.74) is 2.20. The van der Waals surface area contributed by atoms with E-state index in [4.69, 9.17) is 14.2 Å². The van der Waals surface area contributed by atoms with Gasteiger partial charge in [0.15, 0.2) is 0 Å². The molecule has 254 valence electrons. The predicted molar refractivity (Wildman–Crippen MR) is 176 cm³/mol. The molecule has 0 radical (unpaired) electrons. The summed E-state index contributed by atoms with van der Waals surface area (Å²) < 4.78 is 32.2. The van der Waals surface area contributed by atoms with Gasteiger partial charge in [0, 0.05) is 56.9 Å². The van der Waals surface area contributed by atoms with Crippen LogP contribution in [0.5, 0.6) is 0 Å². The van der Waals surface area contributed by atoms with Gasteiger partial charge in [0.25, 0.3) is 0 Å². The van der Waals surface area contributed by atoms with Crippen molar-refractivity contribution in [2.45, 2.75) is 90.1 Å². The van der Waals surface area contributed by atoms with Crippen molar-refractivity contribution in [3.63, 3.8) is 0 Å². The number of nitrogens with zero attached hydrogens (tertiary/aromatic N) is 3. The maximum atomic E-state index is 14.7. The summed E-state index contributed by atoms with van der Waals surface area (Å²) in [5.74, 6) is -1.15. The Labute approximate surface area is 273 Å². The van der Waals surface area contributed by atoms with Crippen LogP contribution in [0.3, 0.4) is 0 Å². The first-order chi connectivity index (χ1) is 22.2. The number of cyclic esters (lactones) is 1. The van der Waals surface area contributed by atoms with Crippen molar-refractivity contribution in [2.24, 2.45) is 11.8 Å². The number of benzene rings is 1. The van der Waals surface area contributed by atoms with Crippen molar-refractivity contribution >= 4 is 23.8 Å². The van der Waals surface area contributed by atoms with E-state index in [9.17, 15) is 19.1 Å². The summed E-state index contributed by atoms with van der Waals surface area (Å²) in [5, 5.41) is 10.7. The molecule has 1 amide bonds. The topological polar surface area (TPSA) is 91.8 Å². The predicted octanol–water partition coefficient (Wildman–Crippen LogP) is 5.42. The molecule has 0 spiro atoms. The number of hydrogen-bond donors (Lipinski definition) is 1. The molecular formula is C36H52FN3O6. The van der Waals surface area contributed by atoms with Crippen molar-refractivity contribution in [3.05, 3.63) is 47.3 Å². The molecule has 4 aliphatic rings. The van der Waals surface area contributed by atoms with Gasteiger partial charge in [-0.15, -0.1) is 0 Å². The molecule has 5 rings (SSSR count). The highest BCUT2D eigenvalue weighted by atomic mass is 19.1. The second-order valence-corrected chi connectivity index (χ2v) is 13.6. The second-order valence-electron chi connectivity index (χ2n) is 13.6. The number of rotatable bonds is 5. The zero-order valence-electron chi connectivity index (χ0n) is 27.7. The number of morpholine rings is 1. The largest absolute Gasteiger partial charge is 0.457 e. The van der Waals surface area contributed by atoms with E-state index >= 15 is 0 Å². The molecule has 46 heavy (non-hydrogen) atoms. The monoisotopic (exact) mass is 641 g/mol. The minimum absolute atomic E-state index is 0.0572. The number of aliphatic hydroxyl groups is 1. The third-order valence-corrected chi connectivity index (χ3v) is 10.0. The lowest BCUT2D eigenvalue weighted by molar-refractivity contribution is -0.151. The number of esters is 1. The van der Waals surface area contributed by atoms with Crippen LogP contribution in [0.1, 0.15) is 71.3 Å². The standard InChI is InChI=1S/C36H52FN3O6/c1-25-8-10-32(41)24-34(42)46-35(27(3)20-28-21-29(37)23-31(22-28)39-16-18-44-19-17-39)26(2)9-11-33(25)45-36(43)40-14-12-38(13-15-40)30-6-4-5-7-30/h9,11,20-23,25-26,30,32-33,35,41H,4-8,10,12-19,24H2,1-3H3/b11-9+,27-20+/t25-,26-,32+,33-,35-/m0/s1. The van der Waals surface area contributed by atoms with Gasteiger partial charge in [0.05, 0.1) is 25.7 Å². The Morgan fingerprint density at radius 1 is 0.978 bits per heavy atom. The van der Waals surface area contributed by atoms with E-state index in [1.807, 2.05) is 50.0 Å². The molecule has 1 aromatic carbocycles. The molecule has 0 bridgehead atoms. The Morgan fingerprint density at radius 3 is 2.41 bits per heavy atom. The van der Waals surface area contributed by atoms with E-state index in [0.29, 0.717) is 63.8 Å². The Morgan fingerprint density at radius 2 is 1.70 bits per heavy atom. The van der Waals surface area contributed by atoms with Crippen LogP contribution in [0.15, 0.2) is 35.9 Å². The van der Waals surface area contributed by atoms with Crippen LogP contribution in [0.2, 0.25) is 0 Å². The van der Waals surface area contributed by atoms with Gasteiger partial charge in [0.1, 0.15) is 18.0 Å². The van der Waals surface area contributed by atoms with Crippen LogP contribution < -0.4 is 4.90 Å². The Hall–Kier alpha value is -2.95. The fraction of sp³-hybridized carbons (Fsp3) is 0.667. The lowest BCUT2D eigenvalue weighted by atomic mass is 9.91. The Kier molecular flexibility index (Phi) is 12.1. The highest BCUT2D eigenvalue weighted by Crippen LogP contribution is 2.28. The van der Waals surface area contributed by atoms with Crippen LogP contribution in [0, 0.1) is 17.7 Å². The number of hydrogen-bond acceptors (Lipinski definition) is 8. The van der Waals surface area contributed by atoms with Crippen LogP contribution in [0.4, 0.5) is 14.9 Å². The molecule has 1 aromatic rings. The first-order valence-corrected chi connectivity index (χ1v) is 17.2. The normalized spacial score (nSPS) is 30.3. The highest BCUT2D eigenvalue weighted by Gasteiger charge is 2.31. The first kappa shape index (κ1) is 34.4. The average molecular weight is 642 g/mol. The van der Waals surface area contributed by atoms with Crippen molar-refractivity contribution in [1.82, 2.24) is 9.80 Å². The number of carbonyl (C=O) groups is 2. The summed E-state index contributed by atoms with van der Waals surface area (Å²) >= 11 is 0. The zero-order chi connectivity index (χ0) is 32.6. The SMILES string of the molecule is C/C(=C\c1cc(F)cc(N2CCOCC2)c1)[C@H]1OC(=O)C[C@H](O)CC[C@H](C)[C@@H](OC(=O)N2CCN(C3CCCC3)CC2)/C=C/[C@@H]1C. The van der Waals surface area contributed by atoms with Crippen molar-refractivity contribution in [1.29, 1.82) is 0 Å². The molecule has 3 fully saturated rings. The second kappa shape index (κ2) is 16.2. The van der Waals surface area contributed by atoms with E-state index in [2.05, 4.69) is 9.80 Å². The minimum atomic E-state index is -0.863. The van der Waals surface area contributed by atoms with Crippen LogP contribution >= 0.6 is 0 Å². The van der Waals surface area contributed by atoms with E-state index in [1.165, 1.54) is 37.8 Å². The Balaban J connectivity index is 1.30. The summed E-state index contributed by atoms with van der Waals surface area (Å²) in [6.45, 7) is 11.5. The molecule has 5 atom stereocenters. The fourth-order valence-corrected chi connectivity index (χ4v) is 7.21. The number of amides is 1. The molecule has 1 aliphatic carbocycles. The number of carbonyl (C=O) groups excluding carboxylic acids is 2. The van der Waals surface area contributed by atoms with Gasteiger partial charge in [-0.2, -0.15) is 0 Å². The maximum absolute atomic E-state index is 14.7. The molecule has 3 aliphatic heterocycles. The van der Waals surface area contributed by atoms with E-state index in [0.717, 1.165) is 24.4 Å². The van der Waals surface area contributed by atoms with Gasteiger partial charge >= 0.3 is 12.1 Å². The molecule has 10 heteroatoms. The summed E-state index contributed by atoms with van der Waals surface area (Å²) in [6, 6.07) is 5.58. The molecule has 2 saturated heterocycles. The summed E-state index contributed by atoms with van der Waals surface area (Å²) in [6.07, 6.45) is 9.34. The van der Waals surface area contributed by atoms with Gasteiger partial charge in [-0.05, 0) is 73.9 Å². The van der Waals surface area contributed by atoms with Gasteiger partial charge in [0.2, 0.25) is 0 Å². The lowest BCUT2D eigenvalue weighted by Gasteiger charge is -2.38. The van der Waals surface area contributed by atoms with Gasteiger partial charge in [-0.3, -0.25) is 9.69 Å². The summed E-state index contributed by atoms with van der Waals surface area (Å²) in [4.78, 5) is 32.7. The molecule has 3 heterocycles. The number of aliphatic hydroxyl groups excluding tert-OH is 1. The average Bonchev–Trinajstić information content (AvgIpc) is 3.59. The van der Waals surface area contributed by atoms with Gasteiger partial charge in [-0.1, -0.05) is 38.8 Å². The van der Waals surface area contributed by atoms with E-state index < -0.39 is 24.3 Å². The van der Waals surface area contributed by atoms with Crippen molar-refractivity contribution in [3.8, 4) is 0 Å². The molecule has 0 unspecified atom stereocenters. The van der Waals surface area contributed by atoms with Gasteiger partial charge < -0.3 is 29.1 Å². The van der Waals surface area contributed by atoms with Crippen molar-refractivity contribution < 1.29 is 33.3 Å². The highest BCUT2D eigenvalue weighted by molar-refractivity contribution is 5.71. The summed E-state index contributed by atoms with van der Waals surface area (Å²) in [7, 11) is 0. The maximum Gasteiger partial charge on any atom is 0.410 e.